The van der Waals surface area contributed by atoms with Crippen LogP contribution < -0.4 is 10.0 Å². The van der Waals surface area contributed by atoms with Gasteiger partial charge in [0.1, 0.15) is 0 Å². The number of carbonyl (C=O) groups excluding carboxylic acids is 1. The highest BCUT2D eigenvalue weighted by Crippen LogP contribution is 2.09. The second-order valence-electron chi connectivity index (χ2n) is 3.41. The fourth-order valence-electron chi connectivity index (χ4n) is 1.38. The predicted octanol–water partition coefficient (Wildman–Crippen LogP) is -0.126. The lowest BCUT2D eigenvalue weighted by Crippen LogP contribution is -2.43. The normalized spacial score (nSPS) is 21.5. The van der Waals surface area contributed by atoms with Crippen molar-refractivity contribution >= 4 is 28.3 Å². The largest absolute Gasteiger partial charge is 0.316 e. The van der Waals surface area contributed by atoms with E-state index in [-0.39, 0.29) is 30.0 Å². The fraction of sp³-hybridized carbons (Fsp3) is 0.875. The van der Waals surface area contributed by atoms with Crippen LogP contribution in [0.4, 0.5) is 0 Å². The Hall–Kier alpha value is -0.330. The second kappa shape index (κ2) is 6.30. The van der Waals surface area contributed by atoms with Crippen molar-refractivity contribution < 1.29 is 13.2 Å². The number of nitrogens with one attached hydrogen (secondary N) is 2. The number of amides is 1. The van der Waals surface area contributed by atoms with E-state index >= 15 is 0 Å². The first kappa shape index (κ1) is 14.7. The number of piperidine rings is 1. The molecule has 0 aromatic carbocycles. The van der Waals surface area contributed by atoms with E-state index in [1.165, 1.54) is 6.92 Å². The highest BCUT2D eigenvalue weighted by Gasteiger charge is 2.23. The molecule has 1 fully saturated rings. The van der Waals surface area contributed by atoms with E-state index in [0.29, 0.717) is 6.54 Å². The molecule has 15 heavy (non-hydrogen) atoms. The standard InChI is InChI=1S/C8H16N2O3S.ClH/c1-2-14(12,13)10-8(11)7-4-3-5-9-6-7;/h7,9H,2-6H2,1H3,(H,10,11);1H/t7-;/m1./s1. The van der Waals surface area contributed by atoms with Gasteiger partial charge in [0.05, 0.1) is 11.7 Å². The van der Waals surface area contributed by atoms with Gasteiger partial charge < -0.3 is 5.32 Å². The Morgan fingerprint density at radius 2 is 2.20 bits per heavy atom. The maximum atomic E-state index is 11.4. The van der Waals surface area contributed by atoms with E-state index < -0.39 is 10.0 Å². The monoisotopic (exact) mass is 256 g/mol. The molecule has 1 aliphatic heterocycles. The minimum atomic E-state index is -3.40. The Balaban J connectivity index is 0.00000196. The number of sulfonamides is 1. The van der Waals surface area contributed by atoms with Gasteiger partial charge in [0.25, 0.3) is 0 Å². The van der Waals surface area contributed by atoms with Crippen molar-refractivity contribution in [2.24, 2.45) is 5.92 Å². The zero-order valence-electron chi connectivity index (χ0n) is 8.65. The molecule has 1 heterocycles. The van der Waals surface area contributed by atoms with Crippen molar-refractivity contribution in [3.63, 3.8) is 0 Å². The van der Waals surface area contributed by atoms with Gasteiger partial charge in [-0.15, -0.1) is 12.4 Å². The molecule has 1 saturated heterocycles. The minimum Gasteiger partial charge on any atom is -0.316 e. The lowest BCUT2D eigenvalue weighted by Gasteiger charge is -2.21. The van der Waals surface area contributed by atoms with Crippen molar-refractivity contribution in [3.8, 4) is 0 Å². The highest BCUT2D eigenvalue weighted by atomic mass is 35.5. The van der Waals surface area contributed by atoms with Crippen LogP contribution >= 0.6 is 12.4 Å². The van der Waals surface area contributed by atoms with Gasteiger partial charge in [-0.05, 0) is 26.3 Å². The zero-order chi connectivity index (χ0) is 10.6. The molecule has 0 aliphatic carbocycles. The predicted molar refractivity (Wildman–Crippen MR) is 60.4 cm³/mol. The summed E-state index contributed by atoms with van der Waals surface area (Å²) < 4.78 is 24.3. The topological polar surface area (TPSA) is 75.3 Å². The SMILES string of the molecule is CCS(=O)(=O)NC(=O)[C@@H]1CCCNC1.Cl. The van der Waals surface area contributed by atoms with Crippen LogP contribution in [0, 0.1) is 5.92 Å². The van der Waals surface area contributed by atoms with E-state index in [1.807, 2.05) is 0 Å². The summed E-state index contributed by atoms with van der Waals surface area (Å²) in [7, 11) is -3.40. The second-order valence-corrected chi connectivity index (χ2v) is 5.42. The van der Waals surface area contributed by atoms with E-state index in [1.54, 1.807) is 0 Å². The molecule has 7 heteroatoms. The molecule has 1 atom stereocenters. The Labute approximate surface area is 96.5 Å². The van der Waals surface area contributed by atoms with Crippen molar-refractivity contribution in [2.75, 3.05) is 18.8 Å². The van der Waals surface area contributed by atoms with Crippen molar-refractivity contribution in [2.45, 2.75) is 19.8 Å². The van der Waals surface area contributed by atoms with E-state index in [4.69, 9.17) is 0 Å². The van der Waals surface area contributed by atoms with Crippen LogP contribution in [0.3, 0.4) is 0 Å². The van der Waals surface area contributed by atoms with E-state index in [2.05, 4.69) is 10.0 Å². The van der Waals surface area contributed by atoms with Crippen LogP contribution in [0.25, 0.3) is 0 Å². The zero-order valence-corrected chi connectivity index (χ0v) is 10.3. The molecule has 90 valence electrons. The Morgan fingerprint density at radius 1 is 1.53 bits per heavy atom. The molecule has 0 aromatic rings. The molecular weight excluding hydrogens is 240 g/mol. The summed E-state index contributed by atoms with van der Waals surface area (Å²) in [5.41, 5.74) is 0. The summed E-state index contributed by atoms with van der Waals surface area (Å²) in [6, 6.07) is 0. The van der Waals surface area contributed by atoms with Crippen LogP contribution in [-0.4, -0.2) is 33.2 Å². The number of halogens is 1. The van der Waals surface area contributed by atoms with Gasteiger partial charge in [-0.3, -0.25) is 9.52 Å². The minimum absolute atomic E-state index is 0. The first-order valence-corrected chi connectivity index (χ1v) is 6.45. The first-order valence-electron chi connectivity index (χ1n) is 4.80. The summed E-state index contributed by atoms with van der Waals surface area (Å²) in [4.78, 5) is 11.4. The third-order valence-electron chi connectivity index (χ3n) is 2.30. The quantitative estimate of drug-likeness (QED) is 0.738. The van der Waals surface area contributed by atoms with Crippen LogP contribution in [0.15, 0.2) is 0 Å². The van der Waals surface area contributed by atoms with Gasteiger partial charge in [-0.1, -0.05) is 0 Å². The number of rotatable bonds is 3. The first-order chi connectivity index (χ1) is 6.55. The molecule has 1 amide bonds. The van der Waals surface area contributed by atoms with Gasteiger partial charge in [0.2, 0.25) is 15.9 Å². The lowest BCUT2D eigenvalue weighted by molar-refractivity contribution is -0.123. The molecule has 0 saturated carbocycles. The molecular formula is C8H17ClN2O3S. The summed E-state index contributed by atoms with van der Waals surface area (Å²) in [6.45, 7) is 2.99. The molecule has 1 aliphatic rings. The van der Waals surface area contributed by atoms with Crippen molar-refractivity contribution in [3.05, 3.63) is 0 Å². The van der Waals surface area contributed by atoms with Gasteiger partial charge in [0, 0.05) is 6.54 Å². The maximum Gasteiger partial charge on any atom is 0.237 e. The molecule has 0 aromatic heterocycles. The van der Waals surface area contributed by atoms with Gasteiger partial charge in [-0.2, -0.15) is 0 Å². The van der Waals surface area contributed by atoms with Crippen LogP contribution in [-0.2, 0) is 14.8 Å². The Morgan fingerprint density at radius 3 is 2.67 bits per heavy atom. The maximum absolute atomic E-state index is 11.4. The number of hydrogen-bond donors (Lipinski definition) is 2. The lowest BCUT2D eigenvalue weighted by atomic mass is 9.99. The average molecular weight is 257 g/mol. The molecule has 0 unspecified atom stereocenters. The summed E-state index contributed by atoms with van der Waals surface area (Å²) >= 11 is 0. The average Bonchev–Trinajstić information content (AvgIpc) is 2.19. The summed E-state index contributed by atoms with van der Waals surface area (Å²) in [5, 5.41) is 3.06. The van der Waals surface area contributed by atoms with Crippen LogP contribution in [0.5, 0.6) is 0 Å². The third kappa shape index (κ3) is 4.81. The van der Waals surface area contributed by atoms with Crippen molar-refractivity contribution in [1.29, 1.82) is 0 Å². The molecule has 1 rings (SSSR count). The molecule has 0 spiro atoms. The van der Waals surface area contributed by atoms with Gasteiger partial charge >= 0.3 is 0 Å². The molecule has 2 N–H and O–H groups in total. The smallest absolute Gasteiger partial charge is 0.237 e. The fourth-order valence-corrected chi connectivity index (χ4v) is 2.00. The van der Waals surface area contributed by atoms with Crippen molar-refractivity contribution in [1.82, 2.24) is 10.0 Å². The van der Waals surface area contributed by atoms with Gasteiger partial charge in [0.15, 0.2) is 0 Å². The Kier molecular flexibility index (Phi) is 6.16. The van der Waals surface area contributed by atoms with Crippen LogP contribution in [0.2, 0.25) is 0 Å². The Bertz CT molecular complexity index is 299. The van der Waals surface area contributed by atoms with Gasteiger partial charge in [-0.25, -0.2) is 8.42 Å². The molecule has 0 bridgehead atoms. The summed E-state index contributed by atoms with van der Waals surface area (Å²) in [5.74, 6) is -0.636. The molecule has 0 radical (unpaired) electrons. The highest BCUT2D eigenvalue weighted by molar-refractivity contribution is 7.90. The molecule has 5 nitrogen and oxygen atoms in total. The number of hydrogen-bond acceptors (Lipinski definition) is 4. The third-order valence-corrected chi connectivity index (χ3v) is 3.58. The van der Waals surface area contributed by atoms with E-state index in [9.17, 15) is 13.2 Å². The summed E-state index contributed by atoms with van der Waals surface area (Å²) in [6.07, 6.45) is 1.68. The number of carbonyl (C=O) groups is 1. The van der Waals surface area contributed by atoms with Crippen LogP contribution in [0.1, 0.15) is 19.8 Å². The van der Waals surface area contributed by atoms with E-state index in [0.717, 1.165) is 19.4 Å².